The Morgan fingerprint density at radius 3 is 2.21 bits per heavy atom. The number of carboxylic acids is 1. The molecule has 0 aliphatic rings. The molecule has 68 valence electrons. The standard InChI is InChI=1S/C9H8O4.Li/c1-5(10)6-3-2-4-7(8(6)11)9(12)13;/h2-4,11H,1H3,(H,12,13);/q;+1/p-1. The summed E-state index contributed by atoms with van der Waals surface area (Å²) in [6.45, 7) is 1.24. The predicted octanol–water partition coefficient (Wildman–Crippen LogP) is -3.04. The molecule has 0 bridgehead atoms. The van der Waals surface area contributed by atoms with Crippen molar-refractivity contribution in [1.82, 2.24) is 0 Å². The zero-order valence-corrected chi connectivity index (χ0v) is 7.90. The smallest absolute Gasteiger partial charge is 0.545 e. The zero-order valence-electron chi connectivity index (χ0n) is 7.90. The van der Waals surface area contributed by atoms with E-state index in [1.807, 2.05) is 0 Å². The van der Waals surface area contributed by atoms with Crippen LogP contribution >= 0.6 is 0 Å². The summed E-state index contributed by atoms with van der Waals surface area (Å²) in [5.41, 5.74) is -0.380. The molecule has 4 nitrogen and oxygen atoms in total. The number of benzene rings is 1. The van der Waals surface area contributed by atoms with Crippen molar-refractivity contribution in [2.24, 2.45) is 0 Å². The minimum atomic E-state index is -1.50. The van der Waals surface area contributed by atoms with Gasteiger partial charge in [0.05, 0.1) is 11.5 Å². The molecule has 0 spiro atoms. The Morgan fingerprint density at radius 1 is 1.29 bits per heavy atom. The molecular formula is C9H7LiO4. The molecule has 0 saturated carbocycles. The van der Waals surface area contributed by atoms with E-state index in [1.54, 1.807) is 0 Å². The van der Waals surface area contributed by atoms with Gasteiger partial charge in [0, 0.05) is 5.56 Å². The first-order chi connectivity index (χ1) is 6.04. The summed E-state index contributed by atoms with van der Waals surface area (Å²) >= 11 is 0. The minimum Gasteiger partial charge on any atom is -0.545 e. The molecule has 5 heteroatoms. The van der Waals surface area contributed by atoms with Gasteiger partial charge in [0.25, 0.3) is 0 Å². The molecule has 1 aromatic rings. The molecule has 1 rings (SSSR count). The molecular weight excluding hydrogens is 179 g/mol. The summed E-state index contributed by atoms with van der Waals surface area (Å²) in [4.78, 5) is 21.3. The maximum Gasteiger partial charge on any atom is 1.00 e. The van der Waals surface area contributed by atoms with Crippen molar-refractivity contribution < 1.29 is 38.7 Å². The van der Waals surface area contributed by atoms with Gasteiger partial charge in [-0.05, 0) is 19.1 Å². The van der Waals surface area contributed by atoms with E-state index in [0.717, 1.165) is 0 Å². The van der Waals surface area contributed by atoms with Crippen LogP contribution in [0.1, 0.15) is 27.6 Å². The summed E-state index contributed by atoms with van der Waals surface area (Å²) in [6, 6.07) is 3.91. The molecule has 0 fully saturated rings. The van der Waals surface area contributed by atoms with Crippen LogP contribution in [0.15, 0.2) is 18.2 Å². The van der Waals surface area contributed by atoms with Crippen LogP contribution in [0.5, 0.6) is 5.75 Å². The fraction of sp³-hybridized carbons (Fsp3) is 0.111. The average Bonchev–Trinajstić information content (AvgIpc) is 2.03. The van der Waals surface area contributed by atoms with Gasteiger partial charge in [-0.25, -0.2) is 0 Å². The van der Waals surface area contributed by atoms with Crippen LogP contribution in [0, 0.1) is 0 Å². The van der Waals surface area contributed by atoms with Crippen LogP contribution in [0.4, 0.5) is 0 Å². The Morgan fingerprint density at radius 2 is 1.79 bits per heavy atom. The van der Waals surface area contributed by atoms with E-state index < -0.39 is 11.7 Å². The number of aromatic carboxylic acids is 1. The number of carboxylic acid groups (broad SMARTS) is 1. The quantitative estimate of drug-likeness (QED) is 0.393. The number of para-hydroxylation sites is 1. The van der Waals surface area contributed by atoms with E-state index in [9.17, 15) is 19.8 Å². The molecule has 1 aromatic carbocycles. The van der Waals surface area contributed by atoms with Crippen LogP contribution in [0.25, 0.3) is 0 Å². The average molecular weight is 186 g/mol. The van der Waals surface area contributed by atoms with Gasteiger partial charge in [-0.15, -0.1) is 0 Å². The Bertz CT molecular complexity index is 341. The van der Waals surface area contributed by atoms with Crippen molar-refractivity contribution in [2.75, 3.05) is 0 Å². The molecule has 0 saturated heterocycles. The van der Waals surface area contributed by atoms with E-state index in [-0.39, 0.29) is 35.8 Å². The largest absolute Gasteiger partial charge is 1.00 e. The molecule has 0 aromatic heterocycles. The first kappa shape index (κ1) is 12.8. The fourth-order valence-electron chi connectivity index (χ4n) is 0.992. The van der Waals surface area contributed by atoms with Gasteiger partial charge >= 0.3 is 18.9 Å². The van der Waals surface area contributed by atoms with Gasteiger partial charge in [-0.2, -0.15) is 0 Å². The predicted molar refractivity (Wildman–Crippen MR) is 42.4 cm³/mol. The molecule has 0 amide bonds. The van der Waals surface area contributed by atoms with Gasteiger partial charge in [0.15, 0.2) is 5.78 Å². The monoisotopic (exact) mass is 186 g/mol. The molecule has 0 aliphatic heterocycles. The van der Waals surface area contributed by atoms with Gasteiger partial charge in [0.2, 0.25) is 0 Å². The second-order valence-electron chi connectivity index (χ2n) is 2.55. The Hall–Kier alpha value is -1.24. The van der Waals surface area contributed by atoms with Crippen LogP contribution in [-0.2, 0) is 0 Å². The number of carbonyl (C=O) groups excluding carboxylic acids is 2. The Labute approximate surface area is 92.7 Å². The van der Waals surface area contributed by atoms with E-state index in [4.69, 9.17) is 0 Å². The molecule has 0 radical (unpaired) electrons. The summed E-state index contributed by atoms with van der Waals surface area (Å²) in [5.74, 6) is -2.42. The number of phenols is 1. The number of Topliss-reactive ketones (excluding diaryl/α,β-unsaturated/α-hetero) is 1. The van der Waals surface area contributed by atoms with Gasteiger partial charge in [0.1, 0.15) is 5.75 Å². The van der Waals surface area contributed by atoms with Crippen LogP contribution in [0.2, 0.25) is 0 Å². The second-order valence-corrected chi connectivity index (χ2v) is 2.55. The molecule has 1 N–H and O–H groups in total. The number of ketones is 1. The topological polar surface area (TPSA) is 77.4 Å². The summed E-state index contributed by atoms with van der Waals surface area (Å²) in [7, 11) is 0. The molecule has 0 heterocycles. The number of aromatic hydroxyl groups is 1. The van der Waals surface area contributed by atoms with Crippen molar-refractivity contribution in [2.45, 2.75) is 6.92 Å². The SMILES string of the molecule is CC(=O)c1cccc(C(=O)[O-])c1O.[Li+]. The molecule has 0 unspecified atom stereocenters. The summed E-state index contributed by atoms with van der Waals surface area (Å²) in [5, 5.41) is 19.7. The van der Waals surface area contributed by atoms with Crippen molar-refractivity contribution >= 4 is 11.8 Å². The van der Waals surface area contributed by atoms with Crippen LogP contribution < -0.4 is 24.0 Å². The summed E-state index contributed by atoms with van der Waals surface area (Å²) < 4.78 is 0. The Kier molecular flexibility index (Phi) is 4.42. The van der Waals surface area contributed by atoms with Gasteiger partial charge in [-0.1, -0.05) is 6.07 Å². The van der Waals surface area contributed by atoms with Crippen molar-refractivity contribution in [3.63, 3.8) is 0 Å². The third-order valence-corrected chi connectivity index (χ3v) is 1.64. The molecule has 0 aliphatic carbocycles. The number of hydrogen-bond acceptors (Lipinski definition) is 4. The van der Waals surface area contributed by atoms with Gasteiger partial charge < -0.3 is 15.0 Å². The van der Waals surface area contributed by atoms with Crippen LogP contribution in [-0.4, -0.2) is 16.9 Å². The zero-order chi connectivity index (χ0) is 10.0. The van der Waals surface area contributed by atoms with Crippen LogP contribution in [0.3, 0.4) is 0 Å². The van der Waals surface area contributed by atoms with Crippen molar-refractivity contribution in [3.05, 3.63) is 29.3 Å². The normalized spacial score (nSPS) is 8.93. The van der Waals surface area contributed by atoms with Crippen molar-refractivity contribution in [3.8, 4) is 5.75 Å². The Balaban J connectivity index is 0.00000169. The molecule has 14 heavy (non-hydrogen) atoms. The third kappa shape index (κ3) is 2.38. The van der Waals surface area contributed by atoms with E-state index in [2.05, 4.69) is 0 Å². The summed E-state index contributed by atoms with van der Waals surface area (Å²) in [6.07, 6.45) is 0. The maximum absolute atomic E-state index is 10.9. The number of hydrogen-bond donors (Lipinski definition) is 1. The van der Waals surface area contributed by atoms with E-state index in [0.29, 0.717) is 0 Å². The number of carbonyl (C=O) groups is 2. The maximum atomic E-state index is 10.9. The fourth-order valence-corrected chi connectivity index (χ4v) is 0.992. The second kappa shape index (κ2) is 4.85. The third-order valence-electron chi connectivity index (χ3n) is 1.64. The molecule has 0 atom stereocenters. The first-order valence-corrected chi connectivity index (χ1v) is 3.58. The minimum absolute atomic E-state index is 0. The van der Waals surface area contributed by atoms with E-state index >= 15 is 0 Å². The number of rotatable bonds is 2. The van der Waals surface area contributed by atoms with E-state index in [1.165, 1.54) is 25.1 Å². The van der Waals surface area contributed by atoms with Crippen molar-refractivity contribution in [1.29, 1.82) is 0 Å². The van der Waals surface area contributed by atoms with Gasteiger partial charge in [-0.3, -0.25) is 4.79 Å². The first-order valence-electron chi connectivity index (χ1n) is 3.58.